The SMILES string of the molecule is CC=CCOc1ccc([N+](=O)[O-])cc1Cl. The van der Waals surface area contributed by atoms with Gasteiger partial charge < -0.3 is 4.74 Å². The average molecular weight is 228 g/mol. The number of hydrogen-bond acceptors (Lipinski definition) is 3. The maximum Gasteiger partial charge on any atom is 0.271 e. The first-order valence-corrected chi connectivity index (χ1v) is 4.71. The lowest BCUT2D eigenvalue weighted by molar-refractivity contribution is -0.384. The van der Waals surface area contributed by atoms with E-state index in [1.165, 1.54) is 18.2 Å². The van der Waals surface area contributed by atoms with Crippen LogP contribution in [0.1, 0.15) is 6.92 Å². The van der Waals surface area contributed by atoms with Gasteiger partial charge in [0, 0.05) is 12.1 Å². The number of non-ortho nitro benzene ring substituents is 1. The summed E-state index contributed by atoms with van der Waals surface area (Å²) in [5, 5.41) is 10.7. The van der Waals surface area contributed by atoms with Crippen molar-refractivity contribution in [1.29, 1.82) is 0 Å². The number of allylic oxidation sites excluding steroid dienone is 1. The monoisotopic (exact) mass is 227 g/mol. The van der Waals surface area contributed by atoms with Gasteiger partial charge in [-0.05, 0) is 13.0 Å². The Morgan fingerprint density at radius 2 is 2.33 bits per heavy atom. The van der Waals surface area contributed by atoms with Crippen LogP contribution in [0.5, 0.6) is 5.75 Å². The second-order valence-electron chi connectivity index (χ2n) is 2.75. The van der Waals surface area contributed by atoms with Gasteiger partial charge in [-0.15, -0.1) is 0 Å². The van der Waals surface area contributed by atoms with Gasteiger partial charge in [-0.2, -0.15) is 0 Å². The fourth-order valence-corrected chi connectivity index (χ4v) is 1.18. The summed E-state index contributed by atoms with van der Waals surface area (Å²) in [7, 11) is 0. The Bertz CT molecular complexity index is 390. The van der Waals surface area contributed by atoms with Crippen LogP contribution >= 0.6 is 11.6 Å². The first-order chi connectivity index (χ1) is 7.15. The standard InChI is InChI=1S/C10H10ClNO3/c1-2-3-6-15-10-5-4-8(12(13)14)7-9(10)11/h2-5,7H,6H2,1H3. The molecule has 0 atom stereocenters. The molecule has 0 saturated carbocycles. The molecule has 0 aliphatic heterocycles. The summed E-state index contributed by atoms with van der Waals surface area (Å²) in [6.45, 7) is 2.27. The van der Waals surface area contributed by atoms with E-state index in [2.05, 4.69) is 0 Å². The van der Waals surface area contributed by atoms with Crippen LogP contribution in [0.15, 0.2) is 30.4 Å². The maximum absolute atomic E-state index is 10.4. The van der Waals surface area contributed by atoms with Crippen LogP contribution in [0.25, 0.3) is 0 Å². The second kappa shape index (κ2) is 5.36. The fraction of sp³-hybridized carbons (Fsp3) is 0.200. The van der Waals surface area contributed by atoms with Crippen LogP contribution < -0.4 is 4.74 Å². The van der Waals surface area contributed by atoms with Gasteiger partial charge in [0.05, 0.1) is 9.95 Å². The first kappa shape index (κ1) is 11.5. The van der Waals surface area contributed by atoms with E-state index in [4.69, 9.17) is 16.3 Å². The zero-order valence-corrected chi connectivity index (χ0v) is 8.90. The third kappa shape index (κ3) is 3.25. The highest BCUT2D eigenvalue weighted by Crippen LogP contribution is 2.28. The summed E-state index contributed by atoms with van der Waals surface area (Å²) in [6.07, 6.45) is 3.66. The van der Waals surface area contributed by atoms with Crippen LogP contribution in [0.3, 0.4) is 0 Å². The van der Waals surface area contributed by atoms with Gasteiger partial charge in [-0.3, -0.25) is 10.1 Å². The van der Waals surface area contributed by atoms with Crippen molar-refractivity contribution in [2.75, 3.05) is 6.61 Å². The van der Waals surface area contributed by atoms with Gasteiger partial charge in [0.2, 0.25) is 0 Å². The van der Waals surface area contributed by atoms with Crippen LogP contribution in [-0.4, -0.2) is 11.5 Å². The van der Waals surface area contributed by atoms with Crippen LogP contribution in [0.2, 0.25) is 5.02 Å². The van der Waals surface area contributed by atoms with E-state index < -0.39 is 4.92 Å². The van der Waals surface area contributed by atoms with E-state index in [-0.39, 0.29) is 10.7 Å². The Morgan fingerprint density at radius 1 is 1.60 bits per heavy atom. The van der Waals surface area contributed by atoms with Crippen LogP contribution in [0.4, 0.5) is 5.69 Å². The van der Waals surface area contributed by atoms with E-state index in [0.29, 0.717) is 12.4 Å². The van der Waals surface area contributed by atoms with Gasteiger partial charge in [-0.25, -0.2) is 0 Å². The molecule has 0 spiro atoms. The molecule has 0 saturated heterocycles. The minimum Gasteiger partial charge on any atom is -0.488 e. The molecule has 0 amide bonds. The molecule has 4 nitrogen and oxygen atoms in total. The van der Waals surface area contributed by atoms with Crippen molar-refractivity contribution in [1.82, 2.24) is 0 Å². The molecule has 15 heavy (non-hydrogen) atoms. The summed E-state index contributed by atoms with van der Waals surface area (Å²) in [6, 6.07) is 4.12. The molecule has 0 aliphatic rings. The zero-order valence-electron chi connectivity index (χ0n) is 8.14. The molecule has 1 aromatic carbocycles. The number of hydrogen-bond donors (Lipinski definition) is 0. The van der Waals surface area contributed by atoms with Crippen molar-refractivity contribution >= 4 is 17.3 Å². The normalized spacial score (nSPS) is 10.5. The van der Waals surface area contributed by atoms with Crippen molar-refractivity contribution in [3.63, 3.8) is 0 Å². The number of nitrogens with zero attached hydrogens (tertiary/aromatic N) is 1. The largest absolute Gasteiger partial charge is 0.488 e. The molecule has 1 aromatic rings. The van der Waals surface area contributed by atoms with Gasteiger partial charge in [0.1, 0.15) is 12.4 Å². The predicted octanol–water partition coefficient (Wildman–Crippen LogP) is 3.20. The summed E-state index contributed by atoms with van der Waals surface area (Å²) in [5.41, 5.74) is -0.0432. The Kier molecular flexibility index (Phi) is 4.12. The Morgan fingerprint density at radius 3 is 2.87 bits per heavy atom. The van der Waals surface area contributed by atoms with Crippen molar-refractivity contribution in [3.8, 4) is 5.75 Å². The summed E-state index contributed by atoms with van der Waals surface area (Å²) >= 11 is 5.80. The zero-order chi connectivity index (χ0) is 11.3. The first-order valence-electron chi connectivity index (χ1n) is 4.33. The molecule has 0 fully saturated rings. The topological polar surface area (TPSA) is 52.4 Å². The minimum atomic E-state index is -0.498. The molecule has 0 aliphatic carbocycles. The Labute approximate surface area is 92.3 Å². The van der Waals surface area contributed by atoms with Crippen LogP contribution in [-0.2, 0) is 0 Å². The highest BCUT2D eigenvalue weighted by molar-refractivity contribution is 6.32. The number of ether oxygens (including phenoxy) is 1. The number of halogens is 1. The number of benzene rings is 1. The van der Waals surface area contributed by atoms with E-state index in [9.17, 15) is 10.1 Å². The van der Waals surface area contributed by atoms with Gasteiger partial charge in [0.25, 0.3) is 5.69 Å². The van der Waals surface area contributed by atoms with E-state index in [1.807, 2.05) is 19.1 Å². The van der Waals surface area contributed by atoms with E-state index >= 15 is 0 Å². The second-order valence-corrected chi connectivity index (χ2v) is 3.16. The highest BCUT2D eigenvalue weighted by Gasteiger charge is 2.09. The Hall–Kier alpha value is -1.55. The molecule has 0 radical (unpaired) electrons. The smallest absolute Gasteiger partial charge is 0.271 e. The molecular weight excluding hydrogens is 218 g/mol. The van der Waals surface area contributed by atoms with Gasteiger partial charge in [-0.1, -0.05) is 23.8 Å². The minimum absolute atomic E-state index is 0.0432. The molecule has 0 unspecified atom stereocenters. The molecular formula is C10H10ClNO3. The van der Waals surface area contributed by atoms with Crippen molar-refractivity contribution in [2.45, 2.75) is 6.92 Å². The lowest BCUT2D eigenvalue weighted by Gasteiger charge is -2.04. The molecule has 0 heterocycles. The summed E-state index contributed by atoms with van der Waals surface area (Å²) in [5.74, 6) is 0.445. The molecule has 80 valence electrons. The summed E-state index contributed by atoms with van der Waals surface area (Å²) < 4.78 is 5.27. The number of rotatable bonds is 4. The Balaban J connectivity index is 2.79. The lowest BCUT2D eigenvalue weighted by atomic mass is 10.3. The number of nitro groups is 1. The predicted molar refractivity (Wildman–Crippen MR) is 58.4 cm³/mol. The quantitative estimate of drug-likeness (QED) is 0.451. The third-order valence-corrected chi connectivity index (χ3v) is 1.99. The molecule has 5 heteroatoms. The van der Waals surface area contributed by atoms with Crippen LogP contribution in [0, 0.1) is 10.1 Å². The molecule has 0 N–H and O–H groups in total. The van der Waals surface area contributed by atoms with Gasteiger partial charge >= 0.3 is 0 Å². The average Bonchev–Trinajstić information content (AvgIpc) is 2.20. The highest BCUT2D eigenvalue weighted by atomic mass is 35.5. The van der Waals surface area contributed by atoms with Crippen molar-refractivity contribution in [3.05, 3.63) is 45.5 Å². The summed E-state index contributed by atoms with van der Waals surface area (Å²) in [4.78, 5) is 9.92. The van der Waals surface area contributed by atoms with Crippen molar-refractivity contribution in [2.24, 2.45) is 0 Å². The van der Waals surface area contributed by atoms with E-state index in [0.717, 1.165) is 0 Å². The number of nitro benzene ring substituents is 1. The molecule has 1 rings (SSSR count). The third-order valence-electron chi connectivity index (χ3n) is 1.70. The van der Waals surface area contributed by atoms with E-state index in [1.54, 1.807) is 0 Å². The van der Waals surface area contributed by atoms with Gasteiger partial charge in [0.15, 0.2) is 0 Å². The maximum atomic E-state index is 10.4. The lowest BCUT2D eigenvalue weighted by Crippen LogP contribution is -1.95. The molecule has 0 aromatic heterocycles. The fourth-order valence-electron chi connectivity index (χ4n) is 0.954. The molecule has 0 bridgehead atoms. The van der Waals surface area contributed by atoms with Crippen molar-refractivity contribution < 1.29 is 9.66 Å².